The van der Waals surface area contributed by atoms with Gasteiger partial charge in [0.1, 0.15) is 18.1 Å². The van der Waals surface area contributed by atoms with Gasteiger partial charge in [0.25, 0.3) is 0 Å². The highest BCUT2D eigenvalue weighted by atomic mass is 16.5. The Balaban J connectivity index is 1.81. The molecule has 1 aromatic carbocycles. The topological polar surface area (TPSA) is 85.7 Å². The zero-order valence-corrected chi connectivity index (χ0v) is 10.0. The van der Waals surface area contributed by atoms with Crippen molar-refractivity contribution < 1.29 is 9.84 Å². The van der Waals surface area contributed by atoms with Gasteiger partial charge in [-0.2, -0.15) is 0 Å². The summed E-state index contributed by atoms with van der Waals surface area (Å²) in [6, 6.07) is 10.1. The van der Waals surface area contributed by atoms with Crippen LogP contribution in [0.5, 0.6) is 11.5 Å². The second-order valence-corrected chi connectivity index (χ2v) is 4.09. The Labute approximate surface area is 109 Å². The number of aromatic nitrogens is 3. The number of nitrogens with two attached hydrogens (primary N) is 1. The highest BCUT2D eigenvalue weighted by molar-refractivity contribution is 5.47. The van der Waals surface area contributed by atoms with Gasteiger partial charge in [0, 0.05) is 11.9 Å². The molecule has 96 valence electrons. The third-order valence-corrected chi connectivity index (χ3v) is 2.70. The van der Waals surface area contributed by atoms with Gasteiger partial charge in [-0.15, -0.1) is 10.2 Å². The van der Waals surface area contributed by atoms with Crippen molar-refractivity contribution >= 4 is 11.3 Å². The third kappa shape index (κ3) is 2.28. The average Bonchev–Trinajstić information content (AvgIpc) is 2.80. The van der Waals surface area contributed by atoms with E-state index in [9.17, 15) is 5.11 Å². The Morgan fingerprint density at radius 1 is 1.11 bits per heavy atom. The number of aromatic hydroxyl groups is 1. The molecule has 3 rings (SSSR count). The summed E-state index contributed by atoms with van der Waals surface area (Å²) in [5.74, 6) is 1.52. The van der Waals surface area contributed by atoms with Crippen LogP contribution < -0.4 is 10.5 Å². The lowest BCUT2D eigenvalue weighted by molar-refractivity contribution is 0.294. The summed E-state index contributed by atoms with van der Waals surface area (Å²) in [6.07, 6.45) is 1.75. The van der Waals surface area contributed by atoms with Crippen LogP contribution in [0.1, 0.15) is 5.82 Å². The second kappa shape index (κ2) is 4.49. The van der Waals surface area contributed by atoms with Gasteiger partial charge < -0.3 is 15.6 Å². The van der Waals surface area contributed by atoms with E-state index in [4.69, 9.17) is 10.5 Å². The van der Waals surface area contributed by atoms with Crippen LogP contribution in [-0.4, -0.2) is 19.7 Å². The van der Waals surface area contributed by atoms with Crippen LogP contribution in [0.2, 0.25) is 0 Å². The van der Waals surface area contributed by atoms with E-state index in [0.717, 1.165) is 5.65 Å². The zero-order chi connectivity index (χ0) is 13.2. The number of nitrogen functional groups attached to an aromatic ring is 1. The summed E-state index contributed by atoms with van der Waals surface area (Å²) >= 11 is 0. The predicted octanol–water partition coefficient (Wildman–Crippen LogP) is 1.60. The number of pyridine rings is 1. The maximum Gasteiger partial charge on any atom is 0.175 e. The molecule has 0 unspecified atom stereocenters. The number of hydrogen-bond donors (Lipinski definition) is 2. The lowest BCUT2D eigenvalue weighted by atomic mass is 10.3. The van der Waals surface area contributed by atoms with Gasteiger partial charge in [0.2, 0.25) is 0 Å². The minimum Gasteiger partial charge on any atom is -0.508 e. The molecule has 0 atom stereocenters. The molecule has 0 saturated heterocycles. The number of rotatable bonds is 3. The summed E-state index contributed by atoms with van der Waals surface area (Å²) in [7, 11) is 0. The summed E-state index contributed by atoms with van der Waals surface area (Å²) in [6.45, 7) is 0.273. The fraction of sp³-hybridized carbons (Fsp3) is 0.0769. The lowest BCUT2D eigenvalue weighted by Crippen LogP contribution is -2.02. The Bertz CT molecular complexity index is 706. The molecule has 6 nitrogen and oxygen atoms in total. The van der Waals surface area contributed by atoms with Crippen molar-refractivity contribution in [2.75, 3.05) is 5.73 Å². The number of phenols is 1. The van der Waals surface area contributed by atoms with E-state index in [0.29, 0.717) is 17.3 Å². The second-order valence-electron chi connectivity index (χ2n) is 4.09. The molecule has 0 amide bonds. The normalized spacial score (nSPS) is 10.7. The molecule has 0 bridgehead atoms. The molecule has 2 heterocycles. The average molecular weight is 256 g/mol. The molecule has 0 aliphatic carbocycles. The van der Waals surface area contributed by atoms with Crippen molar-refractivity contribution in [2.24, 2.45) is 0 Å². The molecule has 3 aromatic rings. The van der Waals surface area contributed by atoms with Crippen molar-refractivity contribution in [1.82, 2.24) is 14.6 Å². The lowest BCUT2D eigenvalue weighted by Gasteiger charge is -2.05. The number of fused-ring (bicyclic) bond motifs is 1. The van der Waals surface area contributed by atoms with E-state index in [1.165, 1.54) is 0 Å². The summed E-state index contributed by atoms with van der Waals surface area (Å²) in [5.41, 5.74) is 7.09. The van der Waals surface area contributed by atoms with Crippen molar-refractivity contribution in [3.63, 3.8) is 0 Å². The van der Waals surface area contributed by atoms with Crippen molar-refractivity contribution in [1.29, 1.82) is 0 Å². The Morgan fingerprint density at radius 3 is 2.68 bits per heavy atom. The first-order valence-electron chi connectivity index (χ1n) is 5.73. The van der Waals surface area contributed by atoms with Crippen molar-refractivity contribution in [3.05, 3.63) is 48.4 Å². The predicted molar refractivity (Wildman–Crippen MR) is 69.8 cm³/mol. The number of anilines is 1. The summed E-state index contributed by atoms with van der Waals surface area (Å²) in [5, 5.41) is 17.3. The molecule has 19 heavy (non-hydrogen) atoms. The molecular weight excluding hydrogens is 244 g/mol. The van der Waals surface area contributed by atoms with Crippen LogP contribution >= 0.6 is 0 Å². The number of ether oxygens (including phenoxy) is 1. The molecule has 0 aliphatic heterocycles. The Hall–Kier alpha value is -2.76. The molecule has 2 aromatic heterocycles. The molecule has 0 saturated carbocycles. The van der Waals surface area contributed by atoms with E-state index in [-0.39, 0.29) is 12.4 Å². The van der Waals surface area contributed by atoms with Crippen LogP contribution in [0, 0.1) is 0 Å². The molecule has 0 spiro atoms. The van der Waals surface area contributed by atoms with E-state index in [2.05, 4.69) is 10.2 Å². The maximum absolute atomic E-state index is 9.18. The largest absolute Gasteiger partial charge is 0.508 e. The quantitative estimate of drug-likeness (QED) is 0.743. The van der Waals surface area contributed by atoms with Crippen molar-refractivity contribution in [3.8, 4) is 11.5 Å². The Kier molecular flexibility index (Phi) is 2.68. The minimum atomic E-state index is 0.202. The van der Waals surface area contributed by atoms with E-state index >= 15 is 0 Å². The van der Waals surface area contributed by atoms with Crippen LogP contribution in [0.3, 0.4) is 0 Å². The van der Waals surface area contributed by atoms with E-state index < -0.39 is 0 Å². The number of hydrogen-bond acceptors (Lipinski definition) is 5. The summed E-state index contributed by atoms with van der Waals surface area (Å²) < 4.78 is 7.37. The summed E-state index contributed by atoms with van der Waals surface area (Å²) in [4.78, 5) is 0. The standard InChI is InChI=1S/C13H12N4O2/c14-9-1-6-12-15-16-13(17(12)7-9)8-19-11-4-2-10(18)3-5-11/h1-7,18H,8,14H2. The molecule has 0 fully saturated rings. The number of benzene rings is 1. The molecule has 6 heteroatoms. The smallest absolute Gasteiger partial charge is 0.175 e. The van der Waals surface area contributed by atoms with Gasteiger partial charge in [0.15, 0.2) is 11.5 Å². The first-order valence-corrected chi connectivity index (χ1v) is 5.73. The third-order valence-electron chi connectivity index (χ3n) is 2.70. The monoisotopic (exact) mass is 256 g/mol. The van der Waals surface area contributed by atoms with Crippen molar-refractivity contribution in [2.45, 2.75) is 6.61 Å². The first kappa shape index (κ1) is 11.3. The SMILES string of the molecule is Nc1ccc2nnc(COc3ccc(O)cc3)n2c1. The van der Waals surface area contributed by atoms with Gasteiger partial charge in [-0.1, -0.05) is 0 Å². The molecule has 0 aliphatic rings. The first-order chi connectivity index (χ1) is 9.22. The minimum absolute atomic E-state index is 0.202. The van der Waals surface area contributed by atoms with Crippen LogP contribution in [-0.2, 0) is 6.61 Å². The highest BCUT2D eigenvalue weighted by Gasteiger charge is 2.06. The molecule has 0 radical (unpaired) electrons. The van der Waals surface area contributed by atoms with Gasteiger partial charge in [0.05, 0.1) is 0 Å². The highest BCUT2D eigenvalue weighted by Crippen LogP contribution is 2.17. The molecule has 3 N–H and O–H groups in total. The van der Waals surface area contributed by atoms with Crippen LogP contribution in [0.4, 0.5) is 5.69 Å². The van der Waals surface area contributed by atoms with Gasteiger partial charge in [-0.25, -0.2) is 0 Å². The fourth-order valence-electron chi connectivity index (χ4n) is 1.74. The number of phenolic OH excluding ortho intramolecular Hbond substituents is 1. The van der Waals surface area contributed by atoms with Gasteiger partial charge >= 0.3 is 0 Å². The zero-order valence-electron chi connectivity index (χ0n) is 10.0. The fourth-order valence-corrected chi connectivity index (χ4v) is 1.74. The Morgan fingerprint density at radius 2 is 1.89 bits per heavy atom. The van der Waals surface area contributed by atoms with Gasteiger partial charge in [-0.3, -0.25) is 4.40 Å². The van der Waals surface area contributed by atoms with E-state index in [1.807, 2.05) is 0 Å². The van der Waals surface area contributed by atoms with Crippen LogP contribution in [0.15, 0.2) is 42.6 Å². The van der Waals surface area contributed by atoms with Crippen LogP contribution in [0.25, 0.3) is 5.65 Å². The van der Waals surface area contributed by atoms with Gasteiger partial charge in [-0.05, 0) is 36.4 Å². The molecular formula is C13H12N4O2. The van der Waals surface area contributed by atoms with E-state index in [1.54, 1.807) is 47.0 Å². The maximum atomic E-state index is 9.18. The number of nitrogens with zero attached hydrogens (tertiary/aromatic N) is 3.